The van der Waals surface area contributed by atoms with Crippen LogP contribution in [-0.2, 0) is 18.8 Å². The van der Waals surface area contributed by atoms with Gasteiger partial charge in [-0.1, -0.05) is 55.5 Å². The average Bonchev–Trinajstić information content (AvgIpc) is 3.15. The quantitative estimate of drug-likeness (QED) is 0.312. The molecule has 0 saturated carbocycles. The van der Waals surface area contributed by atoms with E-state index in [4.69, 9.17) is 9.26 Å². The van der Waals surface area contributed by atoms with Crippen molar-refractivity contribution in [2.45, 2.75) is 44.1 Å². The first-order chi connectivity index (χ1) is 14.1. The average molecular weight is 434 g/mol. The molecule has 3 aliphatic rings. The molecule has 29 heavy (non-hydrogen) atoms. The van der Waals surface area contributed by atoms with Gasteiger partial charge < -0.3 is 9.26 Å². The SMILES string of the molecule is CCCOC(=O)C(C)NP(CC1=CC2C=C(C=O)SC2C=C1)OC1C=CC=CC1. The summed E-state index contributed by atoms with van der Waals surface area (Å²) in [7, 11) is -1.08. The van der Waals surface area contributed by atoms with E-state index in [0.717, 1.165) is 24.0 Å². The van der Waals surface area contributed by atoms with Crippen LogP contribution in [0.4, 0.5) is 0 Å². The summed E-state index contributed by atoms with van der Waals surface area (Å²) in [5.41, 5.74) is 1.17. The molecule has 0 saturated heterocycles. The second-order valence-electron chi connectivity index (χ2n) is 7.19. The third-order valence-corrected chi connectivity index (χ3v) is 7.80. The van der Waals surface area contributed by atoms with Gasteiger partial charge in [-0.2, -0.15) is 0 Å². The van der Waals surface area contributed by atoms with Crippen molar-refractivity contribution < 1.29 is 18.8 Å². The highest BCUT2D eigenvalue weighted by atomic mass is 32.2. The van der Waals surface area contributed by atoms with E-state index in [0.29, 0.717) is 18.0 Å². The summed E-state index contributed by atoms with van der Waals surface area (Å²) in [6, 6.07) is -0.430. The smallest absolute Gasteiger partial charge is 0.323 e. The monoisotopic (exact) mass is 433 g/mol. The van der Waals surface area contributed by atoms with Gasteiger partial charge in [0.25, 0.3) is 0 Å². The minimum absolute atomic E-state index is 0.00184. The zero-order valence-electron chi connectivity index (χ0n) is 16.8. The maximum Gasteiger partial charge on any atom is 0.323 e. The molecule has 156 valence electrons. The molecule has 0 aromatic carbocycles. The molecule has 3 rings (SSSR count). The molecule has 7 heteroatoms. The zero-order valence-corrected chi connectivity index (χ0v) is 18.5. The number of ether oxygens (including phenoxy) is 1. The number of esters is 1. The number of carbonyl (C=O) groups is 2. The van der Waals surface area contributed by atoms with Crippen LogP contribution < -0.4 is 5.09 Å². The van der Waals surface area contributed by atoms with Gasteiger partial charge in [0.05, 0.1) is 12.7 Å². The van der Waals surface area contributed by atoms with Crippen LogP contribution in [0.25, 0.3) is 0 Å². The Hall–Kier alpha value is -1.46. The summed E-state index contributed by atoms with van der Waals surface area (Å²) in [4.78, 5) is 24.1. The standard InChI is InChI=1S/C22H28NO4PS/c1-3-11-26-22(25)16(2)23-28(27-19-7-5-4-6-8-19)15-17-9-10-21-18(12-17)13-20(14-24)29-21/h4-7,9-10,12-14,16,18-19,21,23H,3,8,11,15H2,1-2H3. The lowest BCUT2D eigenvalue weighted by Gasteiger charge is -2.27. The Bertz CT molecular complexity index is 758. The molecule has 0 aromatic rings. The highest BCUT2D eigenvalue weighted by Crippen LogP contribution is 2.43. The Morgan fingerprint density at radius 2 is 2.24 bits per heavy atom. The van der Waals surface area contributed by atoms with Crippen molar-refractivity contribution in [3.8, 4) is 0 Å². The molecule has 0 amide bonds. The molecular formula is C22H28NO4PS. The van der Waals surface area contributed by atoms with Crippen LogP contribution >= 0.6 is 20.1 Å². The normalized spacial score (nSPS) is 27.0. The lowest BCUT2D eigenvalue weighted by molar-refractivity contribution is -0.145. The van der Waals surface area contributed by atoms with E-state index in [-0.39, 0.29) is 18.0 Å². The molecule has 5 atom stereocenters. The van der Waals surface area contributed by atoms with Gasteiger partial charge >= 0.3 is 5.97 Å². The van der Waals surface area contributed by atoms with E-state index < -0.39 is 14.3 Å². The van der Waals surface area contributed by atoms with Crippen LogP contribution in [0.3, 0.4) is 0 Å². The van der Waals surface area contributed by atoms with Crippen LogP contribution in [-0.4, -0.2) is 42.4 Å². The topological polar surface area (TPSA) is 64.6 Å². The minimum atomic E-state index is -1.08. The molecule has 0 radical (unpaired) electrons. The van der Waals surface area contributed by atoms with E-state index in [9.17, 15) is 9.59 Å². The highest BCUT2D eigenvalue weighted by Gasteiger charge is 2.29. The van der Waals surface area contributed by atoms with Gasteiger partial charge in [-0.15, -0.1) is 11.8 Å². The number of thioether (sulfide) groups is 1. The Kier molecular flexibility index (Phi) is 8.49. The molecule has 0 aromatic heterocycles. The number of hydrogen-bond donors (Lipinski definition) is 1. The van der Waals surface area contributed by atoms with Crippen molar-refractivity contribution >= 4 is 32.3 Å². The molecular weight excluding hydrogens is 405 g/mol. The maximum atomic E-state index is 12.2. The second kappa shape index (κ2) is 11.1. The lowest BCUT2D eigenvalue weighted by Crippen LogP contribution is -2.34. The summed E-state index contributed by atoms with van der Waals surface area (Å²) < 4.78 is 11.6. The number of hydrogen-bond acceptors (Lipinski definition) is 6. The zero-order chi connectivity index (χ0) is 20.6. The fourth-order valence-electron chi connectivity index (χ4n) is 3.24. The Balaban J connectivity index is 1.66. The van der Waals surface area contributed by atoms with Gasteiger partial charge in [-0.3, -0.25) is 14.7 Å². The molecule has 1 heterocycles. The van der Waals surface area contributed by atoms with Gasteiger partial charge in [0.1, 0.15) is 14.3 Å². The van der Waals surface area contributed by atoms with E-state index in [1.165, 1.54) is 5.57 Å². The van der Waals surface area contributed by atoms with Gasteiger partial charge in [0.15, 0.2) is 6.29 Å². The van der Waals surface area contributed by atoms with Crippen molar-refractivity contribution in [1.82, 2.24) is 5.09 Å². The predicted octanol–water partition coefficient (Wildman–Crippen LogP) is 4.44. The summed E-state index contributed by atoms with van der Waals surface area (Å²) in [6.45, 7) is 4.23. The molecule has 5 nitrogen and oxygen atoms in total. The molecule has 1 N–H and O–H groups in total. The number of rotatable bonds is 10. The summed E-state index contributed by atoms with van der Waals surface area (Å²) in [6.07, 6.45) is 19.9. The van der Waals surface area contributed by atoms with Crippen molar-refractivity contribution in [2.24, 2.45) is 5.92 Å². The summed E-state index contributed by atoms with van der Waals surface area (Å²) >= 11 is 1.61. The Morgan fingerprint density at radius 3 is 2.97 bits per heavy atom. The van der Waals surface area contributed by atoms with Crippen molar-refractivity contribution in [1.29, 1.82) is 0 Å². The second-order valence-corrected chi connectivity index (χ2v) is 9.99. The van der Waals surface area contributed by atoms with Gasteiger partial charge in [0.2, 0.25) is 0 Å². The minimum Gasteiger partial charge on any atom is -0.465 e. The van der Waals surface area contributed by atoms with Crippen LogP contribution in [0.1, 0.15) is 26.7 Å². The lowest BCUT2D eigenvalue weighted by atomic mass is 9.96. The summed E-state index contributed by atoms with van der Waals surface area (Å²) in [5, 5.41) is 3.66. The Labute approximate surface area is 178 Å². The molecule has 0 bridgehead atoms. The first-order valence-electron chi connectivity index (χ1n) is 10.0. The van der Waals surface area contributed by atoms with Gasteiger partial charge in [-0.05, 0) is 25.3 Å². The first-order valence-corrected chi connectivity index (χ1v) is 12.3. The number of nitrogens with one attached hydrogen (secondary N) is 1. The molecule has 5 unspecified atom stereocenters. The van der Waals surface area contributed by atoms with Gasteiger partial charge in [-0.25, -0.2) is 0 Å². The van der Waals surface area contributed by atoms with E-state index in [1.807, 2.05) is 38.2 Å². The van der Waals surface area contributed by atoms with Crippen LogP contribution in [0.15, 0.2) is 59.1 Å². The van der Waals surface area contributed by atoms with E-state index >= 15 is 0 Å². The van der Waals surface area contributed by atoms with Crippen LogP contribution in [0.2, 0.25) is 0 Å². The fourth-order valence-corrected chi connectivity index (χ4v) is 6.11. The number of aldehydes is 1. The third kappa shape index (κ3) is 6.51. The fraction of sp³-hybridized carbons (Fsp3) is 0.455. The number of carbonyl (C=O) groups excluding carboxylic acids is 2. The largest absolute Gasteiger partial charge is 0.465 e. The molecule has 2 aliphatic carbocycles. The highest BCUT2D eigenvalue weighted by molar-refractivity contribution is 8.04. The van der Waals surface area contributed by atoms with Crippen molar-refractivity contribution in [2.75, 3.05) is 12.8 Å². The summed E-state index contributed by atoms with van der Waals surface area (Å²) in [5.74, 6) is -0.0116. The molecule has 1 aliphatic heterocycles. The van der Waals surface area contributed by atoms with E-state index in [2.05, 4.69) is 29.4 Å². The Morgan fingerprint density at radius 1 is 1.38 bits per heavy atom. The number of allylic oxidation sites excluding steroid dienone is 7. The number of fused-ring (bicyclic) bond motifs is 1. The van der Waals surface area contributed by atoms with E-state index in [1.54, 1.807) is 11.8 Å². The van der Waals surface area contributed by atoms with Gasteiger partial charge in [0, 0.05) is 22.2 Å². The predicted molar refractivity (Wildman–Crippen MR) is 120 cm³/mol. The van der Waals surface area contributed by atoms with Crippen molar-refractivity contribution in [3.63, 3.8) is 0 Å². The molecule has 0 spiro atoms. The first kappa shape index (κ1) is 22.2. The van der Waals surface area contributed by atoms with Crippen LogP contribution in [0.5, 0.6) is 0 Å². The molecule has 0 fully saturated rings. The van der Waals surface area contributed by atoms with Crippen LogP contribution in [0, 0.1) is 5.92 Å². The third-order valence-electron chi connectivity index (χ3n) is 4.70. The maximum absolute atomic E-state index is 12.2. The van der Waals surface area contributed by atoms with Crippen molar-refractivity contribution in [3.05, 3.63) is 59.1 Å².